The van der Waals surface area contributed by atoms with Crippen LogP contribution in [0.25, 0.3) is 0 Å². The van der Waals surface area contributed by atoms with Gasteiger partial charge in [-0.3, -0.25) is 9.59 Å². The van der Waals surface area contributed by atoms with Crippen LogP contribution in [0.1, 0.15) is 33.5 Å². The third-order valence-electron chi connectivity index (χ3n) is 5.34. The van der Waals surface area contributed by atoms with E-state index in [1.165, 1.54) is 0 Å². The lowest BCUT2D eigenvalue weighted by atomic mass is 9.71. The van der Waals surface area contributed by atoms with Crippen LogP contribution in [0.5, 0.6) is 5.75 Å². The first-order valence-corrected chi connectivity index (χ1v) is 8.32. The Bertz CT molecular complexity index is 905. The lowest BCUT2D eigenvalue weighted by Crippen LogP contribution is -2.47. The Balaban J connectivity index is 1.80. The second-order valence-corrected chi connectivity index (χ2v) is 6.70. The van der Waals surface area contributed by atoms with Crippen molar-refractivity contribution in [2.45, 2.75) is 25.4 Å². The SMILES string of the molecule is COc1cc2c(cc1C)C(=O)C(C1(O)C(=O)Nc3ccccc31)CC2. The molecule has 1 aliphatic carbocycles. The van der Waals surface area contributed by atoms with Crippen LogP contribution in [0.4, 0.5) is 5.69 Å². The third kappa shape index (κ3) is 2.12. The van der Waals surface area contributed by atoms with Crippen molar-refractivity contribution < 1.29 is 19.4 Å². The largest absolute Gasteiger partial charge is 0.496 e. The molecule has 0 aromatic heterocycles. The molecular weight excluding hydrogens is 318 g/mol. The van der Waals surface area contributed by atoms with Gasteiger partial charge in [0.1, 0.15) is 5.75 Å². The number of benzene rings is 2. The number of fused-ring (bicyclic) bond motifs is 2. The normalized spacial score (nSPS) is 24.5. The Hall–Kier alpha value is -2.66. The van der Waals surface area contributed by atoms with Crippen LogP contribution in [0.3, 0.4) is 0 Å². The Morgan fingerprint density at radius 2 is 2.00 bits per heavy atom. The number of anilines is 1. The topological polar surface area (TPSA) is 75.6 Å². The first-order valence-electron chi connectivity index (χ1n) is 8.32. The first-order chi connectivity index (χ1) is 12.0. The summed E-state index contributed by atoms with van der Waals surface area (Å²) >= 11 is 0. The van der Waals surface area contributed by atoms with E-state index in [0.717, 1.165) is 16.9 Å². The Morgan fingerprint density at radius 3 is 2.76 bits per heavy atom. The van der Waals surface area contributed by atoms with Crippen LogP contribution in [-0.4, -0.2) is 23.9 Å². The zero-order chi connectivity index (χ0) is 17.8. The third-order valence-corrected chi connectivity index (χ3v) is 5.34. The van der Waals surface area contributed by atoms with Gasteiger partial charge in [0.25, 0.3) is 5.91 Å². The highest BCUT2D eigenvalue weighted by Gasteiger charge is 2.54. The number of aliphatic hydroxyl groups is 1. The Morgan fingerprint density at radius 1 is 1.24 bits per heavy atom. The smallest absolute Gasteiger partial charge is 0.261 e. The molecule has 128 valence electrons. The predicted molar refractivity (Wildman–Crippen MR) is 92.8 cm³/mol. The first kappa shape index (κ1) is 15.8. The van der Waals surface area contributed by atoms with E-state index >= 15 is 0 Å². The lowest BCUT2D eigenvalue weighted by Gasteiger charge is -2.33. The van der Waals surface area contributed by atoms with Crippen molar-refractivity contribution in [2.75, 3.05) is 12.4 Å². The summed E-state index contributed by atoms with van der Waals surface area (Å²) in [5, 5.41) is 13.9. The molecule has 2 aromatic carbocycles. The van der Waals surface area contributed by atoms with Gasteiger partial charge in [-0.05, 0) is 49.1 Å². The van der Waals surface area contributed by atoms with Gasteiger partial charge in [0.2, 0.25) is 0 Å². The van der Waals surface area contributed by atoms with Gasteiger partial charge in [0.15, 0.2) is 11.4 Å². The molecule has 25 heavy (non-hydrogen) atoms. The van der Waals surface area contributed by atoms with Gasteiger partial charge < -0.3 is 15.2 Å². The van der Waals surface area contributed by atoms with Crippen LogP contribution in [0.2, 0.25) is 0 Å². The number of rotatable bonds is 2. The number of carbonyl (C=O) groups excluding carboxylic acids is 2. The summed E-state index contributed by atoms with van der Waals surface area (Å²) in [6, 6.07) is 10.7. The molecule has 2 aromatic rings. The Kier molecular flexibility index (Phi) is 3.44. The molecule has 2 N–H and O–H groups in total. The number of amides is 1. The molecule has 0 bridgehead atoms. The van der Waals surface area contributed by atoms with Crippen molar-refractivity contribution in [2.24, 2.45) is 5.92 Å². The molecule has 5 heteroatoms. The molecule has 0 spiro atoms. The van der Waals surface area contributed by atoms with Gasteiger partial charge in [0, 0.05) is 16.8 Å². The average Bonchev–Trinajstić information content (AvgIpc) is 2.87. The molecule has 4 rings (SSSR count). The van der Waals surface area contributed by atoms with E-state index in [0.29, 0.717) is 29.7 Å². The van der Waals surface area contributed by atoms with E-state index in [-0.39, 0.29) is 5.78 Å². The van der Waals surface area contributed by atoms with E-state index in [9.17, 15) is 14.7 Å². The van der Waals surface area contributed by atoms with Crippen molar-refractivity contribution in [3.05, 3.63) is 58.7 Å². The van der Waals surface area contributed by atoms with Crippen molar-refractivity contribution in [3.63, 3.8) is 0 Å². The fraction of sp³-hybridized carbons (Fsp3) is 0.300. The molecule has 5 nitrogen and oxygen atoms in total. The molecule has 1 amide bonds. The highest BCUT2D eigenvalue weighted by atomic mass is 16.5. The van der Waals surface area contributed by atoms with E-state index < -0.39 is 17.4 Å². The minimum Gasteiger partial charge on any atom is -0.496 e. The minimum atomic E-state index is -1.82. The fourth-order valence-corrected chi connectivity index (χ4v) is 4.01. The maximum atomic E-state index is 13.1. The molecule has 0 saturated carbocycles. The summed E-state index contributed by atoms with van der Waals surface area (Å²) in [6.07, 6.45) is 1.02. The van der Waals surface area contributed by atoms with Gasteiger partial charge in [-0.1, -0.05) is 18.2 Å². The van der Waals surface area contributed by atoms with Gasteiger partial charge in [0.05, 0.1) is 13.0 Å². The zero-order valence-corrected chi connectivity index (χ0v) is 14.1. The maximum absolute atomic E-state index is 13.1. The standard InChI is InChI=1S/C20H19NO4/c1-11-9-13-12(10-17(11)25-2)7-8-15(18(13)22)20(24)14-5-3-4-6-16(14)21-19(20)23/h3-6,9-10,15,24H,7-8H2,1-2H3,(H,21,23). The van der Waals surface area contributed by atoms with Crippen molar-refractivity contribution >= 4 is 17.4 Å². The average molecular weight is 337 g/mol. The summed E-state index contributed by atoms with van der Waals surface area (Å²) in [4.78, 5) is 25.7. The number of ketones is 1. The highest BCUT2D eigenvalue weighted by Crippen LogP contribution is 2.46. The number of hydrogen-bond donors (Lipinski definition) is 2. The fourth-order valence-electron chi connectivity index (χ4n) is 4.01. The van der Waals surface area contributed by atoms with Gasteiger partial charge >= 0.3 is 0 Å². The van der Waals surface area contributed by atoms with E-state index in [4.69, 9.17) is 4.74 Å². The maximum Gasteiger partial charge on any atom is 0.261 e. The predicted octanol–water partition coefficient (Wildman–Crippen LogP) is 2.59. The number of hydrogen-bond acceptors (Lipinski definition) is 4. The molecule has 0 saturated heterocycles. The molecule has 2 aliphatic rings. The Labute approximate surface area is 145 Å². The number of para-hydroxylation sites is 1. The van der Waals surface area contributed by atoms with Crippen LogP contribution in [0.15, 0.2) is 36.4 Å². The second-order valence-electron chi connectivity index (χ2n) is 6.70. The molecule has 2 unspecified atom stereocenters. The van der Waals surface area contributed by atoms with Crippen LogP contribution < -0.4 is 10.1 Å². The summed E-state index contributed by atoms with van der Waals surface area (Å²) < 4.78 is 5.33. The van der Waals surface area contributed by atoms with Gasteiger partial charge in [-0.15, -0.1) is 0 Å². The molecule has 0 fully saturated rings. The van der Waals surface area contributed by atoms with Crippen molar-refractivity contribution in [3.8, 4) is 5.75 Å². The van der Waals surface area contributed by atoms with E-state index in [1.807, 2.05) is 13.0 Å². The van der Waals surface area contributed by atoms with Crippen LogP contribution in [-0.2, 0) is 16.8 Å². The highest BCUT2D eigenvalue weighted by molar-refractivity contribution is 6.11. The number of Topliss-reactive ketones (excluding diaryl/α,β-unsaturated/α-hetero) is 1. The number of carbonyl (C=O) groups is 2. The van der Waals surface area contributed by atoms with Gasteiger partial charge in [-0.2, -0.15) is 0 Å². The van der Waals surface area contributed by atoms with Crippen LogP contribution >= 0.6 is 0 Å². The molecule has 1 aliphatic heterocycles. The number of nitrogens with one attached hydrogen (secondary N) is 1. The monoisotopic (exact) mass is 337 g/mol. The van der Waals surface area contributed by atoms with Crippen molar-refractivity contribution in [1.82, 2.24) is 0 Å². The number of aryl methyl sites for hydroxylation is 2. The summed E-state index contributed by atoms with van der Waals surface area (Å²) in [5.74, 6) is -0.772. The second kappa shape index (κ2) is 5.43. The summed E-state index contributed by atoms with van der Waals surface area (Å²) in [5.41, 5.74) is 1.56. The molecular formula is C20H19NO4. The van der Waals surface area contributed by atoms with Crippen LogP contribution in [0, 0.1) is 12.8 Å². The van der Waals surface area contributed by atoms with Crippen molar-refractivity contribution in [1.29, 1.82) is 0 Å². The van der Waals surface area contributed by atoms with Gasteiger partial charge in [-0.25, -0.2) is 0 Å². The summed E-state index contributed by atoms with van der Waals surface area (Å²) in [6.45, 7) is 1.88. The lowest BCUT2D eigenvalue weighted by molar-refractivity contribution is -0.138. The summed E-state index contributed by atoms with van der Waals surface area (Å²) in [7, 11) is 1.60. The number of ether oxygens (including phenoxy) is 1. The minimum absolute atomic E-state index is 0.193. The molecule has 2 atom stereocenters. The van der Waals surface area contributed by atoms with E-state index in [2.05, 4.69) is 5.32 Å². The number of methoxy groups -OCH3 is 1. The molecule has 1 heterocycles. The van der Waals surface area contributed by atoms with E-state index in [1.54, 1.807) is 37.4 Å². The molecule has 0 radical (unpaired) electrons. The quantitative estimate of drug-likeness (QED) is 0.883. The zero-order valence-electron chi connectivity index (χ0n) is 14.1.